The van der Waals surface area contributed by atoms with Crippen molar-refractivity contribution in [2.75, 3.05) is 19.6 Å². The van der Waals surface area contributed by atoms with Crippen LogP contribution in [0.3, 0.4) is 0 Å². The van der Waals surface area contributed by atoms with Crippen LogP contribution in [-0.2, 0) is 4.79 Å². The highest BCUT2D eigenvalue weighted by atomic mass is 16.1. The largest absolute Gasteiger partial charge is 0.368 e. The summed E-state index contributed by atoms with van der Waals surface area (Å²) in [5, 5.41) is 3.50. The van der Waals surface area contributed by atoms with Crippen molar-refractivity contribution >= 4 is 5.91 Å². The van der Waals surface area contributed by atoms with E-state index in [1.165, 1.54) is 25.8 Å². The molecule has 1 saturated carbocycles. The third-order valence-corrected chi connectivity index (χ3v) is 5.69. The van der Waals surface area contributed by atoms with E-state index in [0.29, 0.717) is 5.92 Å². The van der Waals surface area contributed by atoms with Gasteiger partial charge in [0.25, 0.3) is 0 Å². The Kier molecular flexibility index (Phi) is 6.06. The van der Waals surface area contributed by atoms with E-state index >= 15 is 0 Å². The maximum Gasteiger partial charge on any atom is 0.238 e. The van der Waals surface area contributed by atoms with Crippen molar-refractivity contribution in [1.29, 1.82) is 0 Å². The van der Waals surface area contributed by atoms with Crippen LogP contribution in [0.5, 0.6) is 0 Å². The number of carbonyl (C=O) groups is 1. The topological polar surface area (TPSA) is 58.4 Å². The van der Waals surface area contributed by atoms with Gasteiger partial charge in [0.05, 0.1) is 0 Å². The molecule has 3 atom stereocenters. The molecule has 2 aliphatic rings. The summed E-state index contributed by atoms with van der Waals surface area (Å²) in [7, 11) is 0. The first-order valence-corrected chi connectivity index (χ1v) is 8.93. The molecule has 1 saturated heterocycles. The molecule has 1 aliphatic carbocycles. The van der Waals surface area contributed by atoms with E-state index in [9.17, 15) is 4.79 Å². The number of carbonyl (C=O) groups excluding carboxylic acids is 1. The van der Waals surface area contributed by atoms with E-state index in [4.69, 9.17) is 5.73 Å². The minimum atomic E-state index is -0.433. The zero-order valence-electron chi connectivity index (χ0n) is 13.9. The van der Waals surface area contributed by atoms with Gasteiger partial charge in [0.2, 0.25) is 5.91 Å². The maximum absolute atomic E-state index is 12.1. The second-order valence-corrected chi connectivity index (χ2v) is 6.88. The van der Waals surface area contributed by atoms with Crippen molar-refractivity contribution < 1.29 is 4.79 Å². The Morgan fingerprint density at radius 3 is 2.81 bits per heavy atom. The number of nitrogens with zero attached hydrogens (tertiary/aromatic N) is 1. The molecular weight excluding hydrogens is 262 g/mol. The summed E-state index contributed by atoms with van der Waals surface area (Å²) in [6.45, 7) is 7.68. The highest BCUT2D eigenvalue weighted by Gasteiger charge is 2.47. The molecule has 122 valence electrons. The lowest BCUT2D eigenvalue weighted by atomic mass is 9.83. The number of hydrogen-bond acceptors (Lipinski definition) is 3. The molecule has 0 aromatic rings. The highest BCUT2D eigenvalue weighted by molar-refractivity contribution is 5.85. The van der Waals surface area contributed by atoms with Gasteiger partial charge in [0.1, 0.15) is 5.54 Å². The van der Waals surface area contributed by atoms with Gasteiger partial charge in [0.15, 0.2) is 0 Å². The van der Waals surface area contributed by atoms with Crippen molar-refractivity contribution in [3.05, 3.63) is 0 Å². The van der Waals surface area contributed by atoms with Gasteiger partial charge in [-0.2, -0.15) is 0 Å². The van der Waals surface area contributed by atoms with E-state index in [2.05, 4.69) is 24.1 Å². The van der Waals surface area contributed by atoms with E-state index in [1.54, 1.807) is 0 Å². The number of hydrogen-bond donors (Lipinski definition) is 2. The molecule has 1 heterocycles. The molecule has 0 spiro atoms. The van der Waals surface area contributed by atoms with Crippen LogP contribution in [0.25, 0.3) is 0 Å². The molecule has 0 bridgehead atoms. The minimum absolute atomic E-state index is 0.132. The van der Waals surface area contributed by atoms with Crippen LogP contribution in [0.1, 0.15) is 65.2 Å². The number of rotatable bonds is 8. The molecule has 2 rings (SSSR count). The van der Waals surface area contributed by atoms with Crippen LogP contribution < -0.4 is 11.1 Å². The highest BCUT2D eigenvalue weighted by Crippen LogP contribution is 2.38. The Labute approximate surface area is 129 Å². The average molecular weight is 295 g/mol. The van der Waals surface area contributed by atoms with Gasteiger partial charge in [-0.3, -0.25) is 4.79 Å². The monoisotopic (exact) mass is 295 g/mol. The summed E-state index contributed by atoms with van der Waals surface area (Å²) in [6, 6.07) is 0.762. The summed E-state index contributed by atoms with van der Waals surface area (Å²) in [6.07, 6.45) is 9.27. The molecule has 3 N–H and O–H groups in total. The molecule has 0 radical (unpaired) electrons. The van der Waals surface area contributed by atoms with Crippen LogP contribution >= 0.6 is 0 Å². The van der Waals surface area contributed by atoms with Gasteiger partial charge in [-0.15, -0.1) is 0 Å². The Balaban J connectivity index is 1.95. The van der Waals surface area contributed by atoms with Crippen molar-refractivity contribution in [3.63, 3.8) is 0 Å². The Hall–Kier alpha value is -0.610. The lowest BCUT2D eigenvalue weighted by molar-refractivity contribution is -0.126. The minimum Gasteiger partial charge on any atom is -0.368 e. The number of likely N-dealkylation sites (tertiary alicyclic amines) is 1. The lowest BCUT2D eigenvalue weighted by Gasteiger charge is -2.35. The fraction of sp³-hybridized carbons (Fsp3) is 0.941. The van der Waals surface area contributed by atoms with Crippen molar-refractivity contribution in [1.82, 2.24) is 10.2 Å². The van der Waals surface area contributed by atoms with Crippen LogP contribution in [0.4, 0.5) is 0 Å². The fourth-order valence-corrected chi connectivity index (χ4v) is 4.43. The zero-order valence-corrected chi connectivity index (χ0v) is 13.9. The molecule has 0 aromatic heterocycles. The van der Waals surface area contributed by atoms with Gasteiger partial charge < -0.3 is 16.0 Å². The fourth-order valence-electron chi connectivity index (χ4n) is 4.43. The standard InChI is InChI=1S/C17H33N3O/c1-3-11-19-17(16(18)21)10-5-7-14(17)9-13-20-12-6-8-15(20)4-2/h14-15,19H,3-13H2,1-2H3,(H2,18,21). The van der Waals surface area contributed by atoms with Gasteiger partial charge in [-0.25, -0.2) is 0 Å². The first kappa shape index (κ1) is 16.8. The van der Waals surface area contributed by atoms with E-state index in [-0.39, 0.29) is 5.91 Å². The van der Waals surface area contributed by atoms with Crippen LogP contribution in [0.15, 0.2) is 0 Å². The summed E-state index contributed by atoms with van der Waals surface area (Å²) >= 11 is 0. The molecule has 4 heteroatoms. The third-order valence-electron chi connectivity index (χ3n) is 5.69. The average Bonchev–Trinajstić information content (AvgIpc) is 3.09. The molecule has 1 aliphatic heterocycles. The van der Waals surface area contributed by atoms with Gasteiger partial charge >= 0.3 is 0 Å². The normalized spacial score (nSPS) is 33.6. The first-order chi connectivity index (χ1) is 10.1. The molecular formula is C17H33N3O. The smallest absolute Gasteiger partial charge is 0.238 e. The molecule has 1 amide bonds. The predicted molar refractivity (Wildman–Crippen MR) is 87.1 cm³/mol. The maximum atomic E-state index is 12.1. The second-order valence-electron chi connectivity index (χ2n) is 6.88. The van der Waals surface area contributed by atoms with Crippen LogP contribution in [0, 0.1) is 5.92 Å². The summed E-state index contributed by atoms with van der Waals surface area (Å²) in [4.78, 5) is 14.7. The summed E-state index contributed by atoms with van der Waals surface area (Å²) in [5.74, 6) is 0.284. The second kappa shape index (κ2) is 7.59. The molecule has 2 fully saturated rings. The van der Waals surface area contributed by atoms with Gasteiger partial charge in [0, 0.05) is 6.04 Å². The molecule has 21 heavy (non-hydrogen) atoms. The van der Waals surface area contributed by atoms with Crippen molar-refractivity contribution in [2.24, 2.45) is 11.7 Å². The van der Waals surface area contributed by atoms with Crippen molar-refractivity contribution in [2.45, 2.75) is 76.8 Å². The van der Waals surface area contributed by atoms with E-state index in [1.807, 2.05) is 0 Å². The number of amides is 1. The number of nitrogens with one attached hydrogen (secondary N) is 1. The Bertz CT molecular complexity index is 347. The third kappa shape index (κ3) is 3.59. The predicted octanol–water partition coefficient (Wildman–Crippen LogP) is 2.27. The molecule has 3 unspecified atom stereocenters. The first-order valence-electron chi connectivity index (χ1n) is 8.93. The van der Waals surface area contributed by atoms with Crippen LogP contribution in [-0.4, -0.2) is 42.0 Å². The Morgan fingerprint density at radius 2 is 2.14 bits per heavy atom. The van der Waals surface area contributed by atoms with E-state index < -0.39 is 5.54 Å². The van der Waals surface area contributed by atoms with Gasteiger partial charge in [-0.05, 0) is 70.5 Å². The Morgan fingerprint density at radius 1 is 1.33 bits per heavy atom. The quantitative estimate of drug-likeness (QED) is 0.722. The summed E-state index contributed by atoms with van der Waals surface area (Å²) < 4.78 is 0. The SMILES string of the molecule is CCCNC1(C(N)=O)CCCC1CCN1CCCC1CC. The van der Waals surface area contributed by atoms with Crippen molar-refractivity contribution in [3.8, 4) is 0 Å². The van der Waals surface area contributed by atoms with Gasteiger partial charge in [-0.1, -0.05) is 20.3 Å². The summed E-state index contributed by atoms with van der Waals surface area (Å²) in [5.41, 5.74) is 5.35. The molecule has 4 nitrogen and oxygen atoms in total. The molecule has 0 aromatic carbocycles. The van der Waals surface area contributed by atoms with Crippen LogP contribution in [0.2, 0.25) is 0 Å². The number of nitrogens with two attached hydrogens (primary N) is 1. The van der Waals surface area contributed by atoms with E-state index in [0.717, 1.165) is 51.2 Å². The lowest BCUT2D eigenvalue weighted by Crippen LogP contribution is -2.58. The number of primary amides is 1. The zero-order chi connectivity index (χ0) is 15.3.